The number of nitrogens with zero attached hydrogens (tertiary/aromatic N) is 1. The maximum atomic E-state index is 12.3. The van der Waals surface area contributed by atoms with Gasteiger partial charge in [0.2, 0.25) is 0 Å². The zero-order valence-electron chi connectivity index (χ0n) is 11.5. The van der Waals surface area contributed by atoms with Gasteiger partial charge in [0.25, 0.3) is 5.91 Å². The smallest absolute Gasteiger partial charge is 0.335 e. The zero-order chi connectivity index (χ0) is 13.9. The molecule has 5 nitrogen and oxygen atoms in total. The van der Waals surface area contributed by atoms with E-state index in [1.165, 1.54) is 25.2 Å². The standard InChI is InChI=1S/C15H20N2O3/c18-14-4-3-12(10-20-14)15(19)17-8-5-11(6-9-17)13-2-1-7-16-13/h3-4,10-11,13,16H,1-2,5-9H2. The van der Waals surface area contributed by atoms with Gasteiger partial charge in [0.05, 0.1) is 5.56 Å². The summed E-state index contributed by atoms with van der Waals surface area (Å²) in [4.78, 5) is 25.1. The van der Waals surface area contributed by atoms with Gasteiger partial charge in [-0.2, -0.15) is 0 Å². The Balaban J connectivity index is 1.58. The summed E-state index contributed by atoms with van der Waals surface area (Å²) in [5.74, 6) is 0.654. The molecule has 0 bridgehead atoms. The quantitative estimate of drug-likeness (QED) is 0.883. The molecule has 3 heterocycles. The summed E-state index contributed by atoms with van der Waals surface area (Å²) in [6.07, 6.45) is 5.91. The fraction of sp³-hybridized carbons (Fsp3) is 0.600. The molecule has 1 atom stereocenters. The number of nitrogens with one attached hydrogen (secondary N) is 1. The molecule has 2 saturated heterocycles. The number of rotatable bonds is 2. The maximum Gasteiger partial charge on any atom is 0.335 e. The monoisotopic (exact) mass is 276 g/mol. The summed E-state index contributed by atoms with van der Waals surface area (Å²) >= 11 is 0. The van der Waals surface area contributed by atoms with Crippen molar-refractivity contribution in [2.24, 2.45) is 5.92 Å². The number of likely N-dealkylation sites (tertiary alicyclic amines) is 1. The van der Waals surface area contributed by atoms with E-state index in [0.717, 1.165) is 32.5 Å². The Bertz CT molecular complexity index is 506. The van der Waals surface area contributed by atoms with Crippen LogP contribution < -0.4 is 10.9 Å². The highest BCUT2D eigenvalue weighted by atomic mass is 16.4. The van der Waals surface area contributed by atoms with Gasteiger partial charge in [0, 0.05) is 25.2 Å². The minimum Gasteiger partial charge on any atom is -0.430 e. The van der Waals surface area contributed by atoms with Crippen LogP contribution in [0.25, 0.3) is 0 Å². The summed E-state index contributed by atoms with van der Waals surface area (Å²) in [7, 11) is 0. The molecular weight excluding hydrogens is 256 g/mol. The zero-order valence-corrected chi connectivity index (χ0v) is 11.5. The Kier molecular flexibility index (Phi) is 3.87. The third-order valence-electron chi connectivity index (χ3n) is 4.44. The fourth-order valence-corrected chi connectivity index (χ4v) is 3.28. The van der Waals surface area contributed by atoms with Gasteiger partial charge >= 0.3 is 5.63 Å². The number of hydrogen-bond donors (Lipinski definition) is 1. The Morgan fingerprint density at radius 3 is 2.65 bits per heavy atom. The van der Waals surface area contributed by atoms with Crippen molar-refractivity contribution in [3.63, 3.8) is 0 Å². The molecule has 20 heavy (non-hydrogen) atoms. The summed E-state index contributed by atoms with van der Waals surface area (Å²) in [6, 6.07) is 3.48. The summed E-state index contributed by atoms with van der Waals surface area (Å²) in [6.45, 7) is 2.72. The molecule has 0 radical (unpaired) electrons. The molecule has 1 aromatic rings. The number of piperidine rings is 1. The molecule has 2 aliphatic rings. The number of amides is 1. The van der Waals surface area contributed by atoms with Crippen LogP contribution >= 0.6 is 0 Å². The normalized spacial score (nSPS) is 24.0. The van der Waals surface area contributed by atoms with Crippen molar-refractivity contribution < 1.29 is 9.21 Å². The SMILES string of the molecule is O=C(c1ccc(=O)oc1)N1CCC(C2CCCN2)CC1. The molecule has 2 aliphatic heterocycles. The summed E-state index contributed by atoms with van der Waals surface area (Å²) in [5.41, 5.74) is 0.0367. The molecule has 3 rings (SSSR count). The largest absolute Gasteiger partial charge is 0.430 e. The molecule has 1 N–H and O–H groups in total. The molecule has 2 fully saturated rings. The van der Waals surface area contributed by atoms with Crippen LogP contribution in [0.5, 0.6) is 0 Å². The Morgan fingerprint density at radius 1 is 1.25 bits per heavy atom. The number of hydrogen-bond acceptors (Lipinski definition) is 4. The molecule has 1 unspecified atom stereocenters. The third kappa shape index (κ3) is 2.77. The van der Waals surface area contributed by atoms with E-state index in [1.807, 2.05) is 4.90 Å². The first-order chi connectivity index (χ1) is 9.74. The fourth-order valence-electron chi connectivity index (χ4n) is 3.28. The number of carbonyl (C=O) groups is 1. The van der Waals surface area contributed by atoms with E-state index < -0.39 is 5.63 Å². The second-order valence-electron chi connectivity index (χ2n) is 5.68. The molecule has 0 aliphatic carbocycles. The molecule has 0 spiro atoms. The topological polar surface area (TPSA) is 62.6 Å². The molecule has 0 aromatic carbocycles. The third-order valence-corrected chi connectivity index (χ3v) is 4.44. The Hall–Kier alpha value is -1.62. The van der Waals surface area contributed by atoms with Gasteiger partial charge in [-0.1, -0.05) is 0 Å². The van der Waals surface area contributed by atoms with Crippen molar-refractivity contribution in [1.29, 1.82) is 0 Å². The van der Waals surface area contributed by atoms with E-state index in [-0.39, 0.29) is 5.91 Å². The lowest BCUT2D eigenvalue weighted by atomic mass is 9.88. The van der Waals surface area contributed by atoms with Crippen LogP contribution in [0.15, 0.2) is 27.6 Å². The van der Waals surface area contributed by atoms with E-state index >= 15 is 0 Å². The molecule has 0 saturated carbocycles. The lowest BCUT2D eigenvalue weighted by Gasteiger charge is -2.34. The van der Waals surface area contributed by atoms with Crippen molar-refractivity contribution in [2.75, 3.05) is 19.6 Å². The predicted octanol–water partition coefficient (Wildman–Crippen LogP) is 1.24. The molecular formula is C15H20N2O3. The lowest BCUT2D eigenvalue weighted by molar-refractivity contribution is 0.0671. The minimum absolute atomic E-state index is 0.0356. The Labute approximate surface area is 118 Å². The maximum absolute atomic E-state index is 12.3. The van der Waals surface area contributed by atoms with Crippen molar-refractivity contribution in [2.45, 2.75) is 31.7 Å². The average Bonchev–Trinajstić information content (AvgIpc) is 3.02. The van der Waals surface area contributed by atoms with Crippen LogP contribution in [0.2, 0.25) is 0 Å². The Morgan fingerprint density at radius 2 is 2.05 bits per heavy atom. The van der Waals surface area contributed by atoms with Gasteiger partial charge in [-0.3, -0.25) is 4.79 Å². The minimum atomic E-state index is -0.424. The van der Waals surface area contributed by atoms with Crippen LogP contribution in [-0.2, 0) is 0 Å². The molecule has 1 amide bonds. The van der Waals surface area contributed by atoms with Crippen molar-refractivity contribution in [1.82, 2.24) is 10.2 Å². The van der Waals surface area contributed by atoms with Gasteiger partial charge in [-0.15, -0.1) is 0 Å². The molecule has 5 heteroatoms. The van der Waals surface area contributed by atoms with Crippen LogP contribution in [0, 0.1) is 5.92 Å². The first kappa shape index (κ1) is 13.4. The van der Waals surface area contributed by atoms with Crippen LogP contribution in [0.4, 0.5) is 0 Å². The van der Waals surface area contributed by atoms with E-state index in [0.29, 0.717) is 17.5 Å². The van der Waals surface area contributed by atoms with Gasteiger partial charge in [0.15, 0.2) is 0 Å². The van der Waals surface area contributed by atoms with Crippen LogP contribution in [0.3, 0.4) is 0 Å². The second kappa shape index (κ2) is 5.79. The van der Waals surface area contributed by atoms with Crippen LogP contribution in [0.1, 0.15) is 36.0 Å². The first-order valence-electron chi connectivity index (χ1n) is 7.35. The molecule has 108 valence electrons. The predicted molar refractivity (Wildman–Crippen MR) is 74.6 cm³/mol. The summed E-state index contributed by atoms with van der Waals surface area (Å²) < 4.78 is 4.76. The van der Waals surface area contributed by atoms with E-state index in [4.69, 9.17) is 4.42 Å². The average molecular weight is 276 g/mol. The van der Waals surface area contributed by atoms with E-state index in [2.05, 4.69) is 5.32 Å². The van der Waals surface area contributed by atoms with Crippen molar-refractivity contribution in [3.8, 4) is 0 Å². The van der Waals surface area contributed by atoms with Crippen molar-refractivity contribution >= 4 is 5.91 Å². The highest BCUT2D eigenvalue weighted by Crippen LogP contribution is 2.26. The van der Waals surface area contributed by atoms with Gasteiger partial charge in [-0.25, -0.2) is 4.79 Å². The van der Waals surface area contributed by atoms with E-state index in [1.54, 1.807) is 6.07 Å². The molecule has 1 aromatic heterocycles. The van der Waals surface area contributed by atoms with Gasteiger partial charge in [-0.05, 0) is 44.2 Å². The summed E-state index contributed by atoms with van der Waals surface area (Å²) in [5, 5.41) is 3.56. The highest BCUT2D eigenvalue weighted by Gasteiger charge is 2.30. The van der Waals surface area contributed by atoms with Gasteiger partial charge in [0.1, 0.15) is 6.26 Å². The first-order valence-corrected chi connectivity index (χ1v) is 7.35. The van der Waals surface area contributed by atoms with Crippen LogP contribution in [-0.4, -0.2) is 36.5 Å². The highest BCUT2D eigenvalue weighted by molar-refractivity contribution is 5.93. The lowest BCUT2D eigenvalue weighted by Crippen LogP contribution is -2.43. The van der Waals surface area contributed by atoms with E-state index in [9.17, 15) is 9.59 Å². The van der Waals surface area contributed by atoms with Gasteiger partial charge < -0.3 is 14.6 Å². The number of carbonyl (C=O) groups excluding carboxylic acids is 1. The second-order valence-corrected chi connectivity index (χ2v) is 5.68. The van der Waals surface area contributed by atoms with Crippen molar-refractivity contribution in [3.05, 3.63) is 34.4 Å².